The third-order valence-electron chi connectivity index (χ3n) is 5.05. The number of likely N-dealkylation sites (tertiary alicyclic amines) is 1. The van der Waals surface area contributed by atoms with Crippen molar-refractivity contribution in [2.24, 2.45) is 13.0 Å². The summed E-state index contributed by atoms with van der Waals surface area (Å²) in [6, 6.07) is 7.62. The summed E-state index contributed by atoms with van der Waals surface area (Å²) in [5.41, 5.74) is 2.59. The Morgan fingerprint density at radius 3 is 2.88 bits per heavy atom. The number of nitrogens with one attached hydrogen (secondary N) is 1. The van der Waals surface area contributed by atoms with Crippen LogP contribution in [-0.2, 0) is 11.8 Å². The molecule has 2 amide bonds. The average Bonchev–Trinajstić information content (AvgIpc) is 3.31. The lowest BCUT2D eigenvalue weighted by Gasteiger charge is -2.24. The molecule has 1 aliphatic heterocycles. The molecule has 0 bridgehead atoms. The van der Waals surface area contributed by atoms with Crippen molar-refractivity contribution in [1.29, 1.82) is 0 Å². The van der Waals surface area contributed by atoms with Gasteiger partial charge in [0.2, 0.25) is 5.91 Å². The minimum absolute atomic E-state index is 0.0256. The molecular formula is C19H21N5O2. The highest BCUT2D eigenvalue weighted by molar-refractivity contribution is 5.95. The van der Waals surface area contributed by atoms with Crippen LogP contribution in [0.5, 0.6) is 0 Å². The first-order valence-corrected chi connectivity index (χ1v) is 8.62. The van der Waals surface area contributed by atoms with E-state index in [4.69, 9.17) is 0 Å². The number of nitrogens with zero attached hydrogens (tertiary/aromatic N) is 4. The fourth-order valence-electron chi connectivity index (χ4n) is 3.73. The van der Waals surface area contributed by atoms with E-state index in [2.05, 4.69) is 10.4 Å². The van der Waals surface area contributed by atoms with Gasteiger partial charge < -0.3 is 14.6 Å². The molecule has 4 rings (SSSR count). The fourth-order valence-corrected chi connectivity index (χ4v) is 3.73. The van der Waals surface area contributed by atoms with E-state index in [9.17, 15) is 9.59 Å². The summed E-state index contributed by atoms with van der Waals surface area (Å²) in [5.74, 6) is -0.00831. The normalized spacial score (nSPS) is 20.1. The summed E-state index contributed by atoms with van der Waals surface area (Å²) in [6.07, 6.45) is 7.86. The van der Waals surface area contributed by atoms with Crippen LogP contribution in [0.3, 0.4) is 0 Å². The maximum Gasteiger partial charge on any atom is 0.252 e. The zero-order valence-corrected chi connectivity index (χ0v) is 14.8. The fraction of sp³-hybridized carbons (Fsp3) is 0.316. The van der Waals surface area contributed by atoms with Crippen LogP contribution in [0, 0.1) is 5.92 Å². The quantitative estimate of drug-likeness (QED) is 0.776. The zero-order valence-electron chi connectivity index (χ0n) is 14.8. The van der Waals surface area contributed by atoms with Gasteiger partial charge in [-0.1, -0.05) is 6.07 Å². The number of carbonyl (C=O) groups excluding carboxylic acids is 2. The Morgan fingerprint density at radius 1 is 1.31 bits per heavy atom. The van der Waals surface area contributed by atoms with Crippen LogP contribution in [0.1, 0.15) is 28.4 Å². The average molecular weight is 351 g/mol. The molecule has 26 heavy (non-hydrogen) atoms. The molecule has 1 fully saturated rings. The van der Waals surface area contributed by atoms with E-state index in [-0.39, 0.29) is 23.8 Å². The van der Waals surface area contributed by atoms with Gasteiger partial charge >= 0.3 is 0 Å². The summed E-state index contributed by atoms with van der Waals surface area (Å²) in [6.45, 7) is 0.445. The second-order valence-electron chi connectivity index (χ2n) is 6.83. The summed E-state index contributed by atoms with van der Waals surface area (Å²) >= 11 is 0. The third kappa shape index (κ3) is 2.85. The number of aryl methyl sites for hydroxylation is 1. The maximum atomic E-state index is 12.5. The highest BCUT2D eigenvalue weighted by Crippen LogP contribution is 2.36. The molecule has 0 radical (unpaired) electrons. The van der Waals surface area contributed by atoms with Gasteiger partial charge in [0.05, 0.1) is 17.8 Å². The second kappa shape index (κ2) is 6.33. The lowest BCUT2D eigenvalue weighted by Crippen LogP contribution is -2.32. The predicted octanol–water partition coefficient (Wildman–Crippen LogP) is 1.62. The van der Waals surface area contributed by atoms with Gasteiger partial charge in [-0.2, -0.15) is 5.10 Å². The number of hydrogen-bond donors (Lipinski definition) is 1. The van der Waals surface area contributed by atoms with E-state index in [0.29, 0.717) is 18.5 Å². The number of fused-ring (bicyclic) bond motifs is 1. The molecule has 1 N–H and O–H groups in total. The van der Waals surface area contributed by atoms with Gasteiger partial charge in [-0.05, 0) is 18.2 Å². The molecule has 4 heterocycles. The molecule has 3 aromatic rings. The highest BCUT2D eigenvalue weighted by atomic mass is 16.2. The first-order chi connectivity index (χ1) is 12.5. The van der Waals surface area contributed by atoms with Gasteiger partial charge in [0.1, 0.15) is 0 Å². The van der Waals surface area contributed by atoms with Crippen molar-refractivity contribution in [3.8, 4) is 0 Å². The van der Waals surface area contributed by atoms with Crippen molar-refractivity contribution in [2.75, 3.05) is 13.6 Å². The Balaban J connectivity index is 1.48. The standard InChI is InChI=1S/C19H21N5O2/c1-22-11-15(10-21-22)18-13(8-17(25)23(18)2)9-20-19(26)14-7-16-5-3-4-6-24(16)12-14/h3-7,10-13,18H,8-9H2,1-2H3,(H,20,26)/t13-,18+/m0/s1. The first kappa shape index (κ1) is 16.4. The summed E-state index contributed by atoms with van der Waals surface area (Å²) < 4.78 is 3.65. The molecule has 0 spiro atoms. The van der Waals surface area contributed by atoms with Crippen LogP contribution in [-0.4, -0.2) is 44.5 Å². The van der Waals surface area contributed by atoms with E-state index < -0.39 is 0 Å². The van der Waals surface area contributed by atoms with E-state index in [1.807, 2.05) is 61.4 Å². The summed E-state index contributed by atoms with van der Waals surface area (Å²) in [4.78, 5) is 26.5. The van der Waals surface area contributed by atoms with Gasteiger partial charge in [-0.25, -0.2) is 0 Å². The largest absolute Gasteiger partial charge is 0.352 e. The molecule has 1 saturated heterocycles. The molecular weight excluding hydrogens is 330 g/mol. The minimum atomic E-state index is -0.124. The monoisotopic (exact) mass is 351 g/mol. The van der Waals surface area contributed by atoms with Crippen molar-refractivity contribution in [3.63, 3.8) is 0 Å². The van der Waals surface area contributed by atoms with Crippen molar-refractivity contribution >= 4 is 17.3 Å². The van der Waals surface area contributed by atoms with E-state index in [0.717, 1.165) is 11.1 Å². The van der Waals surface area contributed by atoms with Gasteiger partial charge in [0, 0.05) is 62.6 Å². The summed E-state index contributed by atoms with van der Waals surface area (Å²) in [5, 5.41) is 7.20. The number of rotatable bonds is 4. The molecule has 7 heteroatoms. The number of carbonyl (C=O) groups is 2. The first-order valence-electron chi connectivity index (χ1n) is 8.62. The van der Waals surface area contributed by atoms with Crippen LogP contribution < -0.4 is 5.32 Å². The van der Waals surface area contributed by atoms with Crippen LogP contribution in [0.4, 0.5) is 0 Å². The van der Waals surface area contributed by atoms with Crippen molar-refractivity contribution in [1.82, 2.24) is 24.4 Å². The Hall–Kier alpha value is -3.09. The van der Waals surface area contributed by atoms with E-state index >= 15 is 0 Å². The van der Waals surface area contributed by atoms with Crippen LogP contribution in [0.2, 0.25) is 0 Å². The SMILES string of the molecule is CN1C(=O)C[C@@H](CNC(=O)c2cc3ccccn3c2)[C@@H]1c1cnn(C)c1. The Bertz CT molecular complexity index is 940. The van der Waals surface area contributed by atoms with Crippen molar-refractivity contribution in [3.05, 3.63) is 60.2 Å². The Kier molecular flexibility index (Phi) is 3.99. The Morgan fingerprint density at radius 2 is 2.15 bits per heavy atom. The molecule has 0 aromatic carbocycles. The second-order valence-corrected chi connectivity index (χ2v) is 6.83. The predicted molar refractivity (Wildman–Crippen MR) is 96.6 cm³/mol. The highest BCUT2D eigenvalue weighted by Gasteiger charge is 2.39. The number of amides is 2. The zero-order chi connectivity index (χ0) is 18.3. The van der Waals surface area contributed by atoms with Crippen LogP contribution in [0.25, 0.3) is 5.52 Å². The molecule has 2 atom stereocenters. The van der Waals surface area contributed by atoms with E-state index in [1.54, 1.807) is 15.8 Å². The smallest absolute Gasteiger partial charge is 0.252 e. The summed E-state index contributed by atoms with van der Waals surface area (Å²) in [7, 11) is 3.66. The third-order valence-corrected chi connectivity index (χ3v) is 5.05. The van der Waals surface area contributed by atoms with Gasteiger partial charge in [-0.15, -0.1) is 0 Å². The molecule has 0 aliphatic carbocycles. The topological polar surface area (TPSA) is 71.6 Å². The number of pyridine rings is 1. The molecule has 7 nitrogen and oxygen atoms in total. The molecule has 0 saturated carbocycles. The molecule has 1 aliphatic rings. The lowest BCUT2D eigenvalue weighted by molar-refractivity contribution is -0.127. The number of hydrogen-bond acceptors (Lipinski definition) is 3. The number of aromatic nitrogens is 3. The Labute approximate surface area is 151 Å². The van der Waals surface area contributed by atoms with Gasteiger partial charge in [0.25, 0.3) is 5.91 Å². The maximum absolute atomic E-state index is 12.5. The van der Waals surface area contributed by atoms with Crippen LogP contribution >= 0.6 is 0 Å². The minimum Gasteiger partial charge on any atom is -0.352 e. The lowest BCUT2D eigenvalue weighted by atomic mass is 9.95. The molecule has 3 aromatic heterocycles. The van der Waals surface area contributed by atoms with Crippen molar-refractivity contribution in [2.45, 2.75) is 12.5 Å². The van der Waals surface area contributed by atoms with Gasteiger partial charge in [0.15, 0.2) is 0 Å². The van der Waals surface area contributed by atoms with Crippen LogP contribution in [0.15, 0.2) is 49.1 Å². The van der Waals surface area contributed by atoms with Crippen molar-refractivity contribution < 1.29 is 9.59 Å². The van der Waals surface area contributed by atoms with Gasteiger partial charge in [-0.3, -0.25) is 14.3 Å². The molecule has 0 unspecified atom stereocenters. The van der Waals surface area contributed by atoms with E-state index in [1.165, 1.54) is 0 Å². The molecule has 134 valence electrons.